The molecule has 132 valence electrons. The van der Waals surface area contributed by atoms with Gasteiger partial charge in [0.25, 0.3) is 5.91 Å². The third-order valence-corrected chi connectivity index (χ3v) is 3.69. The van der Waals surface area contributed by atoms with Gasteiger partial charge in [-0.05, 0) is 36.8 Å². The van der Waals surface area contributed by atoms with E-state index >= 15 is 0 Å². The molecule has 2 amide bonds. The molecule has 0 bridgehead atoms. The van der Waals surface area contributed by atoms with Crippen LogP contribution in [0.2, 0.25) is 0 Å². The Bertz CT molecular complexity index is 746. The van der Waals surface area contributed by atoms with Crippen molar-refractivity contribution < 1.29 is 9.59 Å². The predicted molar refractivity (Wildman–Crippen MR) is 101 cm³/mol. The summed E-state index contributed by atoms with van der Waals surface area (Å²) >= 11 is 0. The van der Waals surface area contributed by atoms with Gasteiger partial charge in [0.05, 0.1) is 0 Å². The maximum Gasteiger partial charge on any atom is 0.255 e. The molecular weight excluding hydrogens is 316 g/mol. The Morgan fingerprint density at radius 2 is 1.84 bits per heavy atom. The molecule has 2 rings (SSSR count). The number of hydrogen-bond donors (Lipinski definition) is 2. The van der Waals surface area contributed by atoms with Gasteiger partial charge in [0, 0.05) is 43.7 Å². The average Bonchev–Trinajstić information content (AvgIpc) is 2.59. The van der Waals surface area contributed by atoms with Gasteiger partial charge < -0.3 is 15.5 Å². The SMILES string of the molecule is CCCCN(C)c1cc(C(=O)Nc2cccc(NC(C)=O)c2)ccn1. The fourth-order valence-corrected chi connectivity index (χ4v) is 2.36. The third-order valence-electron chi connectivity index (χ3n) is 3.69. The number of pyridine rings is 1. The highest BCUT2D eigenvalue weighted by Crippen LogP contribution is 2.17. The summed E-state index contributed by atoms with van der Waals surface area (Å²) in [6, 6.07) is 10.5. The average molecular weight is 340 g/mol. The van der Waals surface area contributed by atoms with Gasteiger partial charge in [-0.15, -0.1) is 0 Å². The minimum absolute atomic E-state index is 0.155. The summed E-state index contributed by atoms with van der Waals surface area (Å²) in [6.07, 6.45) is 3.82. The van der Waals surface area contributed by atoms with Gasteiger partial charge in [-0.2, -0.15) is 0 Å². The van der Waals surface area contributed by atoms with Gasteiger partial charge in [0.1, 0.15) is 5.82 Å². The molecule has 0 radical (unpaired) electrons. The highest BCUT2D eigenvalue weighted by Gasteiger charge is 2.10. The van der Waals surface area contributed by atoms with Gasteiger partial charge in [-0.3, -0.25) is 9.59 Å². The fraction of sp³-hybridized carbons (Fsp3) is 0.316. The lowest BCUT2D eigenvalue weighted by atomic mass is 10.2. The zero-order valence-corrected chi connectivity index (χ0v) is 14.9. The number of anilines is 3. The van der Waals surface area contributed by atoms with Crippen molar-refractivity contribution >= 4 is 29.0 Å². The number of amides is 2. The van der Waals surface area contributed by atoms with Crippen LogP contribution in [0, 0.1) is 0 Å². The quantitative estimate of drug-likeness (QED) is 0.808. The van der Waals surface area contributed by atoms with E-state index in [4.69, 9.17) is 0 Å². The number of nitrogens with one attached hydrogen (secondary N) is 2. The molecule has 0 aliphatic carbocycles. The fourth-order valence-electron chi connectivity index (χ4n) is 2.36. The minimum atomic E-state index is -0.215. The van der Waals surface area contributed by atoms with E-state index in [9.17, 15) is 9.59 Å². The van der Waals surface area contributed by atoms with Crippen molar-refractivity contribution in [3.63, 3.8) is 0 Å². The lowest BCUT2D eigenvalue weighted by Crippen LogP contribution is -2.20. The Labute approximate surface area is 148 Å². The van der Waals surface area contributed by atoms with Crippen LogP contribution < -0.4 is 15.5 Å². The van der Waals surface area contributed by atoms with E-state index in [1.165, 1.54) is 6.92 Å². The second-order valence-corrected chi connectivity index (χ2v) is 5.89. The largest absolute Gasteiger partial charge is 0.360 e. The van der Waals surface area contributed by atoms with E-state index in [0.29, 0.717) is 16.9 Å². The number of unbranched alkanes of at least 4 members (excludes halogenated alkanes) is 1. The molecule has 0 spiro atoms. The van der Waals surface area contributed by atoms with E-state index in [2.05, 4.69) is 22.5 Å². The van der Waals surface area contributed by atoms with E-state index in [-0.39, 0.29) is 11.8 Å². The topological polar surface area (TPSA) is 74.3 Å². The zero-order chi connectivity index (χ0) is 18.2. The number of benzene rings is 1. The maximum absolute atomic E-state index is 12.5. The van der Waals surface area contributed by atoms with Crippen LogP contribution in [0.4, 0.5) is 17.2 Å². The Morgan fingerprint density at radius 1 is 1.12 bits per heavy atom. The van der Waals surface area contributed by atoms with Crippen LogP contribution in [-0.4, -0.2) is 30.4 Å². The van der Waals surface area contributed by atoms with Gasteiger partial charge in [0.15, 0.2) is 0 Å². The van der Waals surface area contributed by atoms with Gasteiger partial charge in [-0.25, -0.2) is 4.98 Å². The molecule has 2 aromatic rings. The van der Waals surface area contributed by atoms with Crippen LogP contribution in [0.1, 0.15) is 37.0 Å². The lowest BCUT2D eigenvalue weighted by Gasteiger charge is -2.18. The highest BCUT2D eigenvalue weighted by molar-refractivity contribution is 6.05. The van der Waals surface area contributed by atoms with Gasteiger partial charge in [0.2, 0.25) is 5.91 Å². The Kier molecular flexibility index (Phi) is 6.51. The van der Waals surface area contributed by atoms with Crippen molar-refractivity contribution in [3.05, 3.63) is 48.2 Å². The summed E-state index contributed by atoms with van der Waals surface area (Å²) in [7, 11) is 1.97. The van der Waals surface area contributed by atoms with E-state index in [1.54, 1.807) is 42.6 Å². The number of rotatable bonds is 7. The van der Waals surface area contributed by atoms with Crippen molar-refractivity contribution in [1.82, 2.24) is 4.98 Å². The molecule has 0 saturated heterocycles. The van der Waals surface area contributed by atoms with Crippen molar-refractivity contribution in [2.24, 2.45) is 0 Å². The van der Waals surface area contributed by atoms with Crippen LogP contribution in [-0.2, 0) is 4.79 Å². The molecule has 6 nitrogen and oxygen atoms in total. The molecular formula is C19H24N4O2. The molecule has 6 heteroatoms. The molecule has 1 aromatic heterocycles. The van der Waals surface area contributed by atoms with Gasteiger partial charge in [-0.1, -0.05) is 19.4 Å². The smallest absolute Gasteiger partial charge is 0.255 e. The minimum Gasteiger partial charge on any atom is -0.360 e. The first-order valence-electron chi connectivity index (χ1n) is 8.35. The van der Waals surface area contributed by atoms with Gasteiger partial charge >= 0.3 is 0 Å². The second-order valence-electron chi connectivity index (χ2n) is 5.89. The van der Waals surface area contributed by atoms with E-state index in [1.807, 2.05) is 11.9 Å². The Hall–Kier alpha value is -2.89. The molecule has 1 aromatic carbocycles. The molecule has 0 fully saturated rings. The Balaban J connectivity index is 2.09. The predicted octanol–water partition coefficient (Wildman–Crippen LogP) is 3.53. The summed E-state index contributed by atoms with van der Waals surface area (Å²) in [6.45, 7) is 4.48. The van der Waals surface area contributed by atoms with Crippen LogP contribution in [0.15, 0.2) is 42.6 Å². The summed E-state index contributed by atoms with van der Waals surface area (Å²) in [5.41, 5.74) is 1.80. The van der Waals surface area contributed by atoms with E-state index in [0.717, 1.165) is 25.2 Å². The lowest BCUT2D eigenvalue weighted by molar-refractivity contribution is -0.114. The molecule has 0 atom stereocenters. The summed E-state index contributed by atoms with van der Waals surface area (Å²) in [4.78, 5) is 30.0. The van der Waals surface area contributed by atoms with Crippen molar-refractivity contribution in [2.45, 2.75) is 26.7 Å². The van der Waals surface area contributed by atoms with E-state index < -0.39 is 0 Å². The summed E-state index contributed by atoms with van der Waals surface area (Å²) < 4.78 is 0. The standard InChI is InChI=1S/C19H24N4O2/c1-4-5-11-23(3)18-12-15(9-10-20-18)19(25)22-17-8-6-7-16(13-17)21-14(2)24/h6-10,12-13H,4-5,11H2,1-3H3,(H,21,24)(H,22,25). The third kappa shape index (κ3) is 5.60. The molecule has 0 unspecified atom stereocenters. The number of carbonyl (C=O) groups excluding carboxylic acids is 2. The Morgan fingerprint density at radius 3 is 2.52 bits per heavy atom. The molecule has 25 heavy (non-hydrogen) atoms. The first-order valence-corrected chi connectivity index (χ1v) is 8.35. The number of hydrogen-bond acceptors (Lipinski definition) is 4. The summed E-state index contributed by atoms with van der Waals surface area (Å²) in [5.74, 6) is 0.401. The first kappa shape index (κ1) is 18.4. The van der Waals surface area contributed by atoms with Crippen LogP contribution >= 0.6 is 0 Å². The van der Waals surface area contributed by atoms with Crippen molar-refractivity contribution in [1.29, 1.82) is 0 Å². The van der Waals surface area contributed by atoms with Crippen LogP contribution in [0.25, 0.3) is 0 Å². The van der Waals surface area contributed by atoms with Crippen LogP contribution in [0.5, 0.6) is 0 Å². The number of aromatic nitrogens is 1. The maximum atomic E-state index is 12.5. The summed E-state index contributed by atoms with van der Waals surface area (Å²) in [5, 5.41) is 5.54. The van der Waals surface area contributed by atoms with Crippen molar-refractivity contribution in [2.75, 3.05) is 29.1 Å². The molecule has 2 N–H and O–H groups in total. The normalized spacial score (nSPS) is 10.2. The zero-order valence-electron chi connectivity index (χ0n) is 14.9. The van der Waals surface area contributed by atoms with Crippen molar-refractivity contribution in [3.8, 4) is 0 Å². The second kappa shape index (κ2) is 8.82. The number of nitrogens with zero attached hydrogens (tertiary/aromatic N) is 2. The highest BCUT2D eigenvalue weighted by atomic mass is 16.2. The molecule has 0 aliphatic rings. The first-order chi connectivity index (χ1) is 12.0. The monoisotopic (exact) mass is 340 g/mol. The molecule has 1 heterocycles. The van der Waals surface area contributed by atoms with Crippen LogP contribution in [0.3, 0.4) is 0 Å². The number of carbonyl (C=O) groups is 2. The molecule has 0 saturated carbocycles. The molecule has 0 aliphatic heterocycles.